The minimum Gasteiger partial charge on any atom is -0.481 e. The first-order valence-corrected chi connectivity index (χ1v) is 8.79. The van der Waals surface area contributed by atoms with E-state index in [4.69, 9.17) is 9.47 Å². The third-order valence-electron chi connectivity index (χ3n) is 4.68. The van der Waals surface area contributed by atoms with E-state index < -0.39 is 6.10 Å². The molecule has 0 radical (unpaired) electrons. The van der Waals surface area contributed by atoms with Crippen molar-refractivity contribution in [3.63, 3.8) is 0 Å². The predicted molar refractivity (Wildman–Crippen MR) is 103 cm³/mol. The van der Waals surface area contributed by atoms with Crippen LogP contribution in [-0.4, -0.2) is 45.4 Å². The molecule has 0 aromatic heterocycles. The Kier molecular flexibility index (Phi) is 9.25. The van der Waals surface area contributed by atoms with Gasteiger partial charge in [-0.15, -0.1) is 12.4 Å². The second kappa shape index (κ2) is 10.6. The van der Waals surface area contributed by atoms with E-state index in [0.717, 1.165) is 37.2 Å². The molecule has 1 fully saturated rings. The van der Waals surface area contributed by atoms with Crippen LogP contribution in [0.3, 0.4) is 0 Å². The van der Waals surface area contributed by atoms with Crippen molar-refractivity contribution in [1.82, 2.24) is 10.6 Å². The summed E-state index contributed by atoms with van der Waals surface area (Å²) in [5.74, 6) is 0.693. The number of hydrogen-bond acceptors (Lipinski definition) is 4. The second-order valence-electron chi connectivity index (χ2n) is 6.73. The summed E-state index contributed by atoms with van der Waals surface area (Å²) in [6.45, 7) is 7.22. The summed E-state index contributed by atoms with van der Waals surface area (Å²) >= 11 is 0. The van der Waals surface area contributed by atoms with Gasteiger partial charge in [0.15, 0.2) is 6.10 Å². The average molecular weight is 371 g/mol. The average Bonchev–Trinajstić information content (AvgIpc) is 2.59. The molecule has 2 rings (SSSR count). The Morgan fingerprint density at radius 3 is 2.68 bits per heavy atom. The lowest BCUT2D eigenvalue weighted by atomic mass is 9.79. The van der Waals surface area contributed by atoms with Gasteiger partial charge in [0.1, 0.15) is 5.75 Å². The summed E-state index contributed by atoms with van der Waals surface area (Å²) in [6, 6.07) is 7.80. The van der Waals surface area contributed by atoms with Gasteiger partial charge in [0.05, 0.1) is 6.61 Å². The van der Waals surface area contributed by atoms with Gasteiger partial charge < -0.3 is 20.1 Å². The lowest BCUT2D eigenvalue weighted by Crippen LogP contribution is -2.49. The third-order valence-corrected chi connectivity index (χ3v) is 4.68. The second-order valence-corrected chi connectivity index (χ2v) is 6.73. The van der Waals surface area contributed by atoms with Crippen LogP contribution >= 0.6 is 12.4 Å². The van der Waals surface area contributed by atoms with E-state index >= 15 is 0 Å². The molecular weight excluding hydrogens is 340 g/mol. The number of halogens is 1. The van der Waals surface area contributed by atoms with Crippen molar-refractivity contribution in [2.45, 2.75) is 39.2 Å². The van der Waals surface area contributed by atoms with Gasteiger partial charge in [-0.25, -0.2) is 0 Å². The first kappa shape index (κ1) is 21.7. The maximum atomic E-state index is 12.6. The molecule has 1 atom stereocenters. The van der Waals surface area contributed by atoms with Crippen molar-refractivity contribution in [3.05, 3.63) is 29.8 Å². The Morgan fingerprint density at radius 1 is 1.36 bits per heavy atom. The summed E-state index contributed by atoms with van der Waals surface area (Å²) in [4.78, 5) is 12.6. The number of carbonyl (C=O) groups is 1. The van der Waals surface area contributed by atoms with Crippen LogP contribution in [0.5, 0.6) is 5.75 Å². The molecule has 1 amide bonds. The lowest BCUT2D eigenvalue weighted by Gasteiger charge is -2.37. The van der Waals surface area contributed by atoms with Crippen LogP contribution in [0.4, 0.5) is 0 Å². The molecule has 2 N–H and O–H groups in total. The molecule has 0 bridgehead atoms. The number of hydrogen-bond donors (Lipinski definition) is 2. The van der Waals surface area contributed by atoms with Gasteiger partial charge in [-0.1, -0.05) is 19.1 Å². The molecular formula is C19H31ClN2O3. The van der Waals surface area contributed by atoms with Gasteiger partial charge in [-0.3, -0.25) is 4.79 Å². The molecule has 1 aromatic rings. The van der Waals surface area contributed by atoms with Gasteiger partial charge in [0, 0.05) is 19.1 Å². The maximum Gasteiger partial charge on any atom is 0.261 e. The van der Waals surface area contributed by atoms with Gasteiger partial charge in [0.25, 0.3) is 5.91 Å². The summed E-state index contributed by atoms with van der Waals surface area (Å²) in [6.07, 6.45) is 2.19. The van der Waals surface area contributed by atoms with Crippen molar-refractivity contribution in [2.24, 2.45) is 5.41 Å². The number of benzene rings is 1. The van der Waals surface area contributed by atoms with Crippen LogP contribution in [0.2, 0.25) is 0 Å². The molecule has 142 valence electrons. The van der Waals surface area contributed by atoms with Crippen LogP contribution in [0.1, 0.15) is 31.7 Å². The fourth-order valence-corrected chi connectivity index (χ4v) is 3.20. The Balaban J connectivity index is 0.00000312. The molecule has 5 nitrogen and oxygen atoms in total. The molecule has 1 saturated heterocycles. The fourth-order valence-electron chi connectivity index (χ4n) is 3.20. The molecule has 6 heteroatoms. The first-order valence-electron chi connectivity index (χ1n) is 8.79. The van der Waals surface area contributed by atoms with Crippen LogP contribution in [0.25, 0.3) is 0 Å². The van der Waals surface area contributed by atoms with Gasteiger partial charge in [-0.2, -0.15) is 0 Å². The van der Waals surface area contributed by atoms with Crippen molar-refractivity contribution >= 4 is 18.3 Å². The van der Waals surface area contributed by atoms with Crippen LogP contribution in [-0.2, 0) is 9.53 Å². The van der Waals surface area contributed by atoms with E-state index in [0.29, 0.717) is 19.6 Å². The number of carbonyl (C=O) groups excluding carboxylic acids is 1. The first-order chi connectivity index (χ1) is 11.6. The van der Waals surface area contributed by atoms with Crippen molar-refractivity contribution in [2.75, 3.05) is 33.4 Å². The standard InChI is InChI=1S/C19H30N2O3.ClH/c1-4-17(24-16-7-5-6-15(2)12-16)18(22)21-13-19(14-23-3)8-10-20-11-9-19;/h5-7,12,17,20H,4,8-11,13-14H2,1-3H3,(H,21,22);1H. The summed E-state index contributed by atoms with van der Waals surface area (Å²) in [5.41, 5.74) is 1.15. The third kappa shape index (κ3) is 6.49. The van der Waals surface area contributed by atoms with E-state index in [1.165, 1.54) is 0 Å². The van der Waals surface area contributed by atoms with Crippen molar-refractivity contribution in [1.29, 1.82) is 0 Å². The highest BCUT2D eigenvalue weighted by Gasteiger charge is 2.33. The number of aryl methyl sites for hydroxylation is 1. The van der Waals surface area contributed by atoms with Gasteiger partial charge in [-0.05, 0) is 57.0 Å². The van der Waals surface area contributed by atoms with Crippen molar-refractivity contribution < 1.29 is 14.3 Å². The van der Waals surface area contributed by atoms with Gasteiger partial charge in [0.2, 0.25) is 0 Å². The Bertz CT molecular complexity index is 528. The number of ether oxygens (including phenoxy) is 2. The summed E-state index contributed by atoms with van der Waals surface area (Å²) in [7, 11) is 1.72. The van der Waals surface area contributed by atoms with Crippen LogP contribution in [0, 0.1) is 12.3 Å². The van der Waals surface area contributed by atoms with E-state index in [1.54, 1.807) is 7.11 Å². The zero-order valence-electron chi connectivity index (χ0n) is 15.5. The van der Waals surface area contributed by atoms with Gasteiger partial charge >= 0.3 is 0 Å². The highest BCUT2D eigenvalue weighted by Crippen LogP contribution is 2.28. The van der Waals surface area contributed by atoms with Crippen LogP contribution in [0.15, 0.2) is 24.3 Å². The molecule has 0 spiro atoms. The monoisotopic (exact) mass is 370 g/mol. The Hall–Kier alpha value is -1.30. The quantitative estimate of drug-likeness (QED) is 0.738. The molecule has 25 heavy (non-hydrogen) atoms. The Morgan fingerprint density at radius 2 is 2.08 bits per heavy atom. The summed E-state index contributed by atoms with van der Waals surface area (Å²) in [5, 5.41) is 6.46. The lowest BCUT2D eigenvalue weighted by molar-refractivity contribution is -0.129. The smallest absolute Gasteiger partial charge is 0.261 e. The molecule has 0 saturated carbocycles. The number of amides is 1. The van der Waals surface area contributed by atoms with E-state index in [-0.39, 0.29) is 23.7 Å². The van der Waals surface area contributed by atoms with E-state index in [1.807, 2.05) is 38.1 Å². The molecule has 1 aliphatic heterocycles. The highest BCUT2D eigenvalue weighted by molar-refractivity contribution is 5.85. The summed E-state index contributed by atoms with van der Waals surface area (Å²) < 4.78 is 11.3. The largest absolute Gasteiger partial charge is 0.481 e. The molecule has 1 heterocycles. The van der Waals surface area contributed by atoms with E-state index in [9.17, 15) is 4.79 Å². The van der Waals surface area contributed by atoms with Crippen LogP contribution < -0.4 is 15.4 Å². The SMILES string of the molecule is CCC(Oc1cccc(C)c1)C(=O)NCC1(COC)CCNCC1.Cl. The topological polar surface area (TPSA) is 59.6 Å². The number of nitrogens with one attached hydrogen (secondary N) is 2. The Labute approximate surface area is 157 Å². The zero-order valence-corrected chi connectivity index (χ0v) is 16.3. The molecule has 1 unspecified atom stereocenters. The van der Waals surface area contributed by atoms with Crippen molar-refractivity contribution in [3.8, 4) is 5.75 Å². The predicted octanol–water partition coefficient (Wildman–Crippen LogP) is 2.71. The minimum atomic E-state index is -0.465. The maximum absolute atomic E-state index is 12.6. The number of piperidine rings is 1. The number of methoxy groups -OCH3 is 1. The molecule has 1 aliphatic rings. The normalized spacial score (nSPS) is 17.2. The highest BCUT2D eigenvalue weighted by atomic mass is 35.5. The minimum absolute atomic E-state index is 0. The zero-order chi connectivity index (χ0) is 17.4. The fraction of sp³-hybridized carbons (Fsp3) is 0.632. The number of rotatable bonds is 8. The van der Waals surface area contributed by atoms with E-state index in [2.05, 4.69) is 10.6 Å². The molecule has 1 aromatic carbocycles. The molecule has 0 aliphatic carbocycles.